The fourth-order valence-electron chi connectivity index (χ4n) is 0.760. The lowest BCUT2D eigenvalue weighted by Gasteiger charge is -2.09. The highest BCUT2D eigenvalue weighted by Gasteiger charge is 1.99. The molecular weight excluding hydrogens is 116 g/mol. The summed E-state index contributed by atoms with van der Waals surface area (Å²) in [5.74, 6) is 0.812. The van der Waals surface area contributed by atoms with E-state index in [0.717, 1.165) is 23.0 Å². The van der Waals surface area contributed by atoms with Crippen LogP contribution in [0.25, 0.3) is 0 Å². The second kappa shape index (κ2) is 5.32. The Bertz CT molecular complexity index is 43.8. The molecule has 0 aromatic rings. The van der Waals surface area contributed by atoms with Crippen molar-refractivity contribution >= 4 is 10.5 Å². The van der Waals surface area contributed by atoms with Gasteiger partial charge >= 0.3 is 0 Å². The fraction of sp³-hybridized carbons (Fsp3) is 1.00. The molecule has 0 saturated heterocycles. The van der Waals surface area contributed by atoms with E-state index in [1.165, 1.54) is 12.8 Å². The molecule has 50 valence electrons. The van der Waals surface area contributed by atoms with Crippen LogP contribution in [-0.2, 0) is 4.43 Å². The second-order valence-electron chi connectivity index (χ2n) is 2.14. The van der Waals surface area contributed by atoms with Gasteiger partial charge in [-0.2, -0.15) is 0 Å². The monoisotopic (exact) mass is 132 g/mol. The van der Waals surface area contributed by atoms with Gasteiger partial charge in [0.1, 0.15) is 10.5 Å². The molecule has 0 heterocycles. The first-order valence-electron chi connectivity index (χ1n) is 3.34. The van der Waals surface area contributed by atoms with Crippen LogP contribution in [0.5, 0.6) is 0 Å². The van der Waals surface area contributed by atoms with Crippen molar-refractivity contribution in [3.8, 4) is 0 Å². The van der Waals surface area contributed by atoms with Crippen LogP contribution in [0.1, 0.15) is 26.7 Å². The standard InChI is InChI=1S/C6H16OSi/c1-3-6(4-2)5-7-8/h6H,3-5H2,1-2,8H3. The van der Waals surface area contributed by atoms with Crippen molar-refractivity contribution in [1.82, 2.24) is 0 Å². The molecule has 0 aromatic carbocycles. The van der Waals surface area contributed by atoms with Gasteiger partial charge in [-0.3, -0.25) is 0 Å². The van der Waals surface area contributed by atoms with E-state index in [4.69, 9.17) is 4.43 Å². The Balaban J connectivity index is 3.07. The van der Waals surface area contributed by atoms with Crippen LogP contribution < -0.4 is 0 Å². The van der Waals surface area contributed by atoms with Crippen molar-refractivity contribution in [2.24, 2.45) is 5.92 Å². The molecule has 0 amide bonds. The molecule has 0 aliphatic carbocycles. The van der Waals surface area contributed by atoms with Gasteiger partial charge < -0.3 is 4.43 Å². The average Bonchev–Trinajstić information content (AvgIpc) is 1.83. The van der Waals surface area contributed by atoms with Gasteiger partial charge in [0.2, 0.25) is 0 Å². The van der Waals surface area contributed by atoms with E-state index in [2.05, 4.69) is 13.8 Å². The van der Waals surface area contributed by atoms with Gasteiger partial charge in [-0.15, -0.1) is 0 Å². The van der Waals surface area contributed by atoms with Crippen molar-refractivity contribution < 1.29 is 4.43 Å². The minimum absolute atomic E-state index is 0.812. The topological polar surface area (TPSA) is 9.23 Å². The molecule has 0 N–H and O–H groups in total. The van der Waals surface area contributed by atoms with Crippen LogP contribution >= 0.6 is 0 Å². The van der Waals surface area contributed by atoms with E-state index in [9.17, 15) is 0 Å². The summed E-state index contributed by atoms with van der Waals surface area (Å²) >= 11 is 0. The summed E-state index contributed by atoms with van der Waals surface area (Å²) in [6.07, 6.45) is 2.53. The summed E-state index contributed by atoms with van der Waals surface area (Å²) < 4.78 is 5.12. The maximum atomic E-state index is 5.12. The zero-order valence-electron chi connectivity index (χ0n) is 6.11. The third kappa shape index (κ3) is 3.21. The first-order chi connectivity index (χ1) is 3.85. The van der Waals surface area contributed by atoms with E-state index in [1.807, 2.05) is 0 Å². The lowest BCUT2D eigenvalue weighted by Crippen LogP contribution is -2.05. The SMILES string of the molecule is CCC(CC)CO[SiH3]. The summed E-state index contributed by atoms with van der Waals surface area (Å²) in [5, 5.41) is 0. The number of hydrogen-bond acceptors (Lipinski definition) is 1. The average molecular weight is 132 g/mol. The smallest absolute Gasteiger partial charge is 0.145 e. The number of rotatable bonds is 4. The maximum Gasteiger partial charge on any atom is 0.145 e. The lowest BCUT2D eigenvalue weighted by atomic mass is 10.1. The van der Waals surface area contributed by atoms with Crippen LogP contribution in [0.3, 0.4) is 0 Å². The van der Waals surface area contributed by atoms with Crippen molar-refractivity contribution in [2.75, 3.05) is 6.61 Å². The zero-order chi connectivity index (χ0) is 6.41. The van der Waals surface area contributed by atoms with Gasteiger partial charge in [-0.1, -0.05) is 26.7 Å². The molecule has 0 bridgehead atoms. The Morgan fingerprint density at radius 1 is 1.38 bits per heavy atom. The predicted molar refractivity (Wildman–Crippen MR) is 40.0 cm³/mol. The first-order valence-corrected chi connectivity index (χ1v) is 4.15. The zero-order valence-corrected chi connectivity index (χ0v) is 8.11. The molecule has 0 aliphatic heterocycles. The summed E-state index contributed by atoms with van der Waals surface area (Å²) in [6.45, 7) is 5.42. The van der Waals surface area contributed by atoms with E-state index >= 15 is 0 Å². The Hall–Kier alpha value is 0.177. The third-order valence-electron chi connectivity index (χ3n) is 1.56. The van der Waals surface area contributed by atoms with Crippen LogP contribution in [0.4, 0.5) is 0 Å². The minimum Gasteiger partial charge on any atom is -0.428 e. The maximum absolute atomic E-state index is 5.12. The molecule has 0 aliphatic rings. The highest BCUT2D eigenvalue weighted by Crippen LogP contribution is 2.05. The Kier molecular flexibility index (Phi) is 5.43. The Morgan fingerprint density at radius 3 is 2.00 bits per heavy atom. The number of hydrogen-bond donors (Lipinski definition) is 0. The van der Waals surface area contributed by atoms with Crippen LogP contribution in [-0.4, -0.2) is 17.1 Å². The highest BCUT2D eigenvalue weighted by molar-refractivity contribution is 5.97. The molecule has 0 aromatic heterocycles. The minimum atomic E-state index is 0.812. The summed E-state index contributed by atoms with van der Waals surface area (Å²) in [5.41, 5.74) is 0. The van der Waals surface area contributed by atoms with Crippen molar-refractivity contribution in [3.05, 3.63) is 0 Å². The van der Waals surface area contributed by atoms with Crippen molar-refractivity contribution in [2.45, 2.75) is 26.7 Å². The molecule has 0 unspecified atom stereocenters. The Labute approximate surface area is 55.0 Å². The fourth-order valence-corrected chi connectivity index (χ4v) is 1.23. The molecule has 1 nitrogen and oxygen atoms in total. The Morgan fingerprint density at radius 2 is 1.88 bits per heavy atom. The largest absolute Gasteiger partial charge is 0.428 e. The van der Waals surface area contributed by atoms with E-state index in [0.29, 0.717) is 0 Å². The molecule has 0 atom stereocenters. The summed E-state index contributed by atoms with van der Waals surface area (Å²) in [4.78, 5) is 0. The van der Waals surface area contributed by atoms with Gasteiger partial charge in [-0.25, -0.2) is 0 Å². The molecular formula is C6H16OSi. The van der Waals surface area contributed by atoms with E-state index in [1.54, 1.807) is 0 Å². The molecule has 8 heavy (non-hydrogen) atoms. The molecule has 0 fully saturated rings. The van der Waals surface area contributed by atoms with Gasteiger partial charge in [0.15, 0.2) is 0 Å². The van der Waals surface area contributed by atoms with E-state index in [-0.39, 0.29) is 0 Å². The van der Waals surface area contributed by atoms with Crippen LogP contribution in [0.2, 0.25) is 0 Å². The molecule has 2 heteroatoms. The van der Waals surface area contributed by atoms with Gasteiger partial charge in [0, 0.05) is 6.61 Å². The summed E-state index contributed by atoms with van der Waals surface area (Å²) in [6, 6.07) is 0. The molecule has 0 spiro atoms. The highest BCUT2D eigenvalue weighted by atomic mass is 28.2. The lowest BCUT2D eigenvalue weighted by molar-refractivity contribution is 0.260. The van der Waals surface area contributed by atoms with E-state index < -0.39 is 0 Å². The quantitative estimate of drug-likeness (QED) is 0.512. The molecule has 0 radical (unpaired) electrons. The first kappa shape index (κ1) is 8.18. The summed E-state index contributed by atoms with van der Waals surface area (Å²) in [7, 11) is 0.896. The second-order valence-corrected chi connectivity index (χ2v) is 2.72. The molecule has 0 rings (SSSR count). The van der Waals surface area contributed by atoms with Gasteiger partial charge in [0.25, 0.3) is 0 Å². The van der Waals surface area contributed by atoms with Gasteiger partial charge in [-0.05, 0) is 5.92 Å². The van der Waals surface area contributed by atoms with Crippen LogP contribution in [0.15, 0.2) is 0 Å². The third-order valence-corrected chi connectivity index (χ3v) is 1.89. The van der Waals surface area contributed by atoms with Crippen molar-refractivity contribution in [1.29, 1.82) is 0 Å². The van der Waals surface area contributed by atoms with Crippen molar-refractivity contribution in [3.63, 3.8) is 0 Å². The normalized spacial score (nSPS) is 10.9. The molecule has 0 saturated carbocycles. The predicted octanol–water partition coefficient (Wildman–Crippen LogP) is 0.720. The van der Waals surface area contributed by atoms with Gasteiger partial charge in [0.05, 0.1) is 0 Å². The van der Waals surface area contributed by atoms with Crippen LogP contribution in [0, 0.1) is 5.92 Å².